The monoisotopic (exact) mass is 433 g/mol. The lowest BCUT2D eigenvalue weighted by Gasteiger charge is -2.12. The molecule has 2 aromatic rings. The van der Waals surface area contributed by atoms with Crippen LogP contribution >= 0.6 is 11.8 Å². The molecule has 0 aliphatic carbocycles. The van der Waals surface area contributed by atoms with Gasteiger partial charge >= 0.3 is 23.4 Å². The van der Waals surface area contributed by atoms with Crippen LogP contribution in [0.3, 0.4) is 0 Å². The Labute approximate surface area is 174 Å². The normalized spacial score (nSPS) is 10.0. The third kappa shape index (κ3) is 5.32. The van der Waals surface area contributed by atoms with Crippen molar-refractivity contribution in [3.8, 4) is 23.6 Å². The van der Waals surface area contributed by atoms with Crippen molar-refractivity contribution in [1.29, 1.82) is 5.26 Å². The third-order valence-corrected chi connectivity index (χ3v) is 3.93. The van der Waals surface area contributed by atoms with Gasteiger partial charge in [-0.3, -0.25) is 14.9 Å². The first kappa shape index (κ1) is 22.4. The van der Waals surface area contributed by atoms with E-state index in [-0.39, 0.29) is 28.6 Å². The summed E-state index contributed by atoms with van der Waals surface area (Å²) < 4.78 is 15.4. The van der Waals surface area contributed by atoms with E-state index in [0.29, 0.717) is 0 Å². The number of nitriles is 1. The number of rotatable bonds is 9. The molecule has 0 bridgehead atoms. The highest BCUT2D eigenvalue weighted by Gasteiger charge is 2.30. The molecule has 0 saturated heterocycles. The van der Waals surface area contributed by atoms with E-state index in [9.17, 15) is 19.7 Å². The number of nitrogens with zero attached hydrogens (tertiary/aromatic N) is 4. The number of thioether (sulfide) groups is 1. The van der Waals surface area contributed by atoms with Crippen LogP contribution in [-0.2, 0) is 9.53 Å². The third-order valence-electron chi connectivity index (χ3n) is 3.38. The summed E-state index contributed by atoms with van der Waals surface area (Å²) in [6.45, 7) is 1.06. The van der Waals surface area contributed by atoms with Gasteiger partial charge in [0.25, 0.3) is 5.91 Å². The van der Waals surface area contributed by atoms with Crippen LogP contribution in [0.5, 0.6) is 17.5 Å². The molecule has 1 amide bonds. The van der Waals surface area contributed by atoms with Crippen molar-refractivity contribution in [1.82, 2.24) is 9.97 Å². The number of hydrogen-bond acceptors (Lipinski definition) is 11. The largest absolute Gasteiger partial charge is 0.463 e. The average molecular weight is 433 g/mol. The highest BCUT2D eigenvalue weighted by atomic mass is 32.2. The van der Waals surface area contributed by atoms with Crippen LogP contribution in [0.2, 0.25) is 0 Å². The van der Waals surface area contributed by atoms with Crippen molar-refractivity contribution >= 4 is 29.3 Å². The molecule has 0 atom stereocenters. The molecule has 0 spiro atoms. The van der Waals surface area contributed by atoms with Gasteiger partial charge in [0.1, 0.15) is 5.75 Å². The van der Waals surface area contributed by atoms with Crippen molar-refractivity contribution in [3.63, 3.8) is 0 Å². The molecular formula is C17H15N5O7S. The van der Waals surface area contributed by atoms with Crippen LogP contribution in [0, 0.1) is 21.4 Å². The van der Waals surface area contributed by atoms with Gasteiger partial charge in [-0.2, -0.15) is 15.2 Å². The van der Waals surface area contributed by atoms with Crippen molar-refractivity contribution < 1.29 is 28.7 Å². The number of primary amides is 1. The SMILES string of the molecule is CCOC(=O)COc1nc(SC)nc(Oc2cc(C#N)ccc2C(N)=O)c1[N+](=O)[O-]. The van der Waals surface area contributed by atoms with E-state index in [1.54, 1.807) is 13.2 Å². The number of benzene rings is 1. The molecule has 0 aliphatic heterocycles. The second-order valence-electron chi connectivity index (χ2n) is 5.31. The molecule has 156 valence electrons. The van der Waals surface area contributed by atoms with Gasteiger partial charge in [-0.15, -0.1) is 0 Å². The number of aromatic nitrogens is 2. The average Bonchev–Trinajstić information content (AvgIpc) is 2.71. The number of nitrogens with two attached hydrogens (primary N) is 1. The fourth-order valence-electron chi connectivity index (χ4n) is 2.13. The fourth-order valence-corrected chi connectivity index (χ4v) is 2.48. The summed E-state index contributed by atoms with van der Waals surface area (Å²) in [5.74, 6) is -2.94. The highest BCUT2D eigenvalue weighted by molar-refractivity contribution is 7.98. The molecule has 2 rings (SSSR count). The maximum atomic E-state index is 11.7. The Balaban J connectivity index is 2.56. The Bertz CT molecular complexity index is 1040. The van der Waals surface area contributed by atoms with E-state index in [1.807, 2.05) is 6.07 Å². The van der Waals surface area contributed by atoms with E-state index in [2.05, 4.69) is 9.97 Å². The number of hydrogen-bond donors (Lipinski definition) is 1. The summed E-state index contributed by atoms with van der Waals surface area (Å²) in [6, 6.07) is 5.62. The van der Waals surface area contributed by atoms with Gasteiger partial charge in [-0.1, -0.05) is 11.8 Å². The summed E-state index contributed by atoms with van der Waals surface area (Å²) in [4.78, 5) is 41.8. The lowest BCUT2D eigenvalue weighted by Crippen LogP contribution is -2.16. The predicted molar refractivity (Wildman–Crippen MR) is 102 cm³/mol. The minimum absolute atomic E-state index is 0.0338. The molecule has 0 aliphatic rings. The van der Waals surface area contributed by atoms with E-state index in [0.717, 1.165) is 11.8 Å². The zero-order chi connectivity index (χ0) is 22.3. The van der Waals surface area contributed by atoms with Crippen LogP contribution < -0.4 is 15.2 Å². The molecular weight excluding hydrogens is 418 g/mol. The Morgan fingerprint density at radius 2 is 2.03 bits per heavy atom. The van der Waals surface area contributed by atoms with Gasteiger partial charge in [-0.05, 0) is 31.4 Å². The Morgan fingerprint density at radius 3 is 2.60 bits per heavy atom. The van der Waals surface area contributed by atoms with Gasteiger partial charge in [0.2, 0.25) is 0 Å². The second kappa shape index (κ2) is 10.0. The Hall–Kier alpha value is -3.92. The number of amides is 1. The molecule has 12 nitrogen and oxygen atoms in total. The van der Waals surface area contributed by atoms with Crippen LogP contribution in [0.4, 0.5) is 5.69 Å². The van der Waals surface area contributed by atoms with Crippen LogP contribution in [0.15, 0.2) is 23.4 Å². The van der Waals surface area contributed by atoms with Gasteiger partial charge < -0.3 is 19.9 Å². The first-order chi connectivity index (χ1) is 14.3. The van der Waals surface area contributed by atoms with Gasteiger partial charge in [0.15, 0.2) is 11.8 Å². The number of carbonyl (C=O) groups excluding carboxylic acids is 2. The summed E-state index contributed by atoms with van der Waals surface area (Å²) in [5, 5.41) is 20.7. The van der Waals surface area contributed by atoms with E-state index in [1.165, 1.54) is 18.2 Å². The molecule has 1 aromatic heterocycles. The Morgan fingerprint density at radius 1 is 1.33 bits per heavy atom. The predicted octanol–water partition coefficient (Wildman–Crippen LogP) is 1.81. The van der Waals surface area contributed by atoms with Gasteiger partial charge in [-0.25, -0.2) is 4.79 Å². The number of carbonyl (C=O) groups is 2. The highest BCUT2D eigenvalue weighted by Crippen LogP contribution is 2.38. The van der Waals surface area contributed by atoms with Crippen LogP contribution in [0.25, 0.3) is 0 Å². The topological polar surface area (TPSA) is 181 Å². The quantitative estimate of drug-likeness (QED) is 0.200. The molecule has 0 saturated carbocycles. The summed E-state index contributed by atoms with van der Waals surface area (Å²) in [6.07, 6.45) is 1.60. The van der Waals surface area contributed by atoms with Crippen molar-refractivity contribution in [2.24, 2.45) is 5.73 Å². The van der Waals surface area contributed by atoms with E-state index < -0.39 is 40.9 Å². The summed E-state index contributed by atoms with van der Waals surface area (Å²) in [7, 11) is 0. The minimum atomic E-state index is -0.880. The van der Waals surface area contributed by atoms with E-state index in [4.69, 9.17) is 25.2 Å². The molecule has 2 N–H and O–H groups in total. The maximum Gasteiger partial charge on any atom is 0.392 e. The zero-order valence-corrected chi connectivity index (χ0v) is 16.6. The van der Waals surface area contributed by atoms with Crippen molar-refractivity contribution in [2.45, 2.75) is 12.1 Å². The second-order valence-corrected chi connectivity index (χ2v) is 6.08. The molecule has 0 unspecified atom stereocenters. The molecule has 0 fully saturated rings. The maximum absolute atomic E-state index is 11.7. The first-order valence-corrected chi connectivity index (χ1v) is 9.43. The molecule has 30 heavy (non-hydrogen) atoms. The molecule has 13 heteroatoms. The summed E-state index contributed by atoms with van der Waals surface area (Å²) in [5.41, 5.74) is 4.52. The van der Waals surface area contributed by atoms with Gasteiger partial charge in [0.05, 0.1) is 28.7 Å². The Kier molecular flexibility index (Phi) is 7.48. The lowest BCUT2D eigenvalue weighted by atomic mass is 10.1. The standard InChI is InChI=1S/C17H15N5O7S/c1-3-27-12(23)8-28-15-13(22(25)26)16(21-17(20-15)30-2)29-11-6-9(7-18)4-5-10(11)14(19)24/h4-6H,3,8H2,1-2H3,(H2,19,24). The molecule has 0 radical (unpaired) electrons. The number of esters is 1. The molecule has 1 heterocycles. The lowest BCUT2D eigenvalue weighted by molar-refractivity contribution is -0.387. The van der Waals surface area contributed by atoms with Crippen molar-refractivity contribution in [2.75, 3.05) is 19.5 Å². The zero-order valence-electron chi connectivity index (χ0n) is 15.8. The number of nitro groups is 1. The van der Waals surface area contributed by atoms with Gasteiger partial charge in [0, 0.05) is 0 Å². The molecule has 1 aromatic carbocycles. The fraction of sp³-hybridized carbons (Fsp3) is 0.235. The smallest absolute Gasteiger partial charge is 0.392 e. The van der Waals surface area contributed by atoms with Crippen LogP contribution in [0.1, 0.15) is 22.8 Å². The van der Waals surface area contributed by atoms with Crippen molar-refractivity contribution in [3.05, 3.63) is 39.4 Å². The van der Waals surface area contributed by atoms with E-state index >= 15 is 0 Å². The van der Waals surface area contributed by atoms with Crippen LogP contribution in [-0.4, -0.2) is 46.2 Å². The minimum Gasteiger partial charge on any atom is -0.463 e. The number of ether oxygens (including phenoxy) is 3. The first-order valence-electron chi connectivity index (χ1n) is 8.21. The summed E-state index contributed by atoms with van der Waals surface area (Å²) >= 11 is 1.03.